The SMILES string of the molecule is CC(C)(C)OC(=O)NCc1ccc(C(=O)N(N)c2ccccc2)cc1. The van der Waals surface area contributed by atoms with Gasteiger partial charge in [0.15, 0.2) is 0 Å². The number of anilines is 1. The largest absolute Gasteiger partial charge is 0.444 e. The molecule has 2 amide bonds. The highest BCUT2D eigenvalue weighted by molar-refractivity contribution is 6.05. The summed E-state index contributed by atoms with van der Waals surface area (Å²) >= 11 is 0. The highest BCUT2D eigenvalue weighted by Crippen LogP contribution is 2.14. The van der Waals surface area contributed by atoms with Crippen molar-refractivity contribution in [3.05, 3.63) is 65.7 Å². The Hall–Kier alpha value is -2.86. The lowest BCUT2D eigenvalue weighted by atomic mass is 10.1. The minimum atomic E-state index is -0.539. The third-order valence-electron chi connectivity index (χ3n) is 3.29. The molecule has 6 heteroatoms. The van der Waals surface area contributed by atoms with Crippen molar-refractivity contribution in [2.45, 2.75) is 32.9 Å². The Bertz CT molecular complexity index is 722. The Morgan fingerprint density at radius 3 is 2.20 bits per heavy atom. The first-order chi connectivity index (χ1) is 11.8. The van der Waals surface area contributed by atoms with Gasteiger partial charge in [0, 0.05) is 12.1 Å². The maximum atomic E-state index is 12.4. The quantitative estimate of drug-likeness (QED) is 0.508. The Morgan fingerprint density at radius 2 is 1.64 bits per heavy atom. The second kappa shape index (κ2) is 7.81. The number of amides is 2. The molecular formula is C19H23N3O3. The van der Waals surface area contributed by atoms with Crippen molar-refractivity contribution in [1.29, 1.82) is 0 Å². The number of hydrogen-bond donors (Lipinski definition) is 2. The average molecular weight is 341 g/mol. The molecular weight excluding hydrogens is 318 g/mol. The van der Waals surface area contributed by atoms with Crippen LogP contribution in [-0.2, 0) is 11.3 Å². The molecule has 0 unspecified atom stereocenters. The van der Waals surface area contributed by atoms with Crippen molar-refractivity contribution < 1.29 is 14.3 Å². The summed E-state index contributed by atoms with van der Waals surface area (Å²) in [6.07, 6.45) is -0.482. The molecule has 3 N–H and O–H groups in total. The van der Waals surface area contributed by atoms with Crippen LogP contribution in [0.4, 0.5) is 10.5 Å². The highest BCUT2D eigenvalue weighted by atomic mass is 16.6. The van der Waals surface area contributed by atoms with E-state index in [1.165, 1.54) is 0 Å². The third-order valence-corrected chi connectivity index (χ3v) is 3.29. The summed E-state index contributed by atoms with van der Waals surface area (Å²) in [6, 6.07) is 15.9. The number of hydrogen-bond acceptors (Lipinski definition) is 4. The first kappa shape index (κ1) is 18.5. The molecule has 0 atom stereocenters. The van der Waals surface area contributed by atoms with Gasteiger partial charge >= 0.3 is 6.09 Å². The Morgan fingerprint density at radius 1 is 1.04 bits per heavy atom. The molecule has 2 rings (SSSR count). The lowest BCUT2D eigenvalue weighted by Crippen LogP contribution is -2.37. The van der Waals surface area contributed by atoms with Crippen molar-refractivity contribution in [3.8, 4) is 0 Å². The van der Waals surface area contributed by atoms with E-state index >= 15 is 0 Å². The molecule has 25 heavy (non-hydrogen) atoms. The summed E-state index contributed by atoms with van der Waals surface area (Å²) in [5, 5.41) is 3.78. The molecule has 0 saturated carbocycles. The van der Waals surface area contributed by atoms with Gasteiger partial charge in [0.1, 0.15) is 5.60 Å². The number of nitrogens with two attached hydrogens (primary N) is 1. The number of alkyl carbamates (subject to hydrolysis) is 1. The Kier molecular flexibility index (Phi) is 5.77. The molecule has 6 nitrogen and oxygen atoms in total. The third kappa shape index (κ3) is 5.61. The van der Waals surface area contributed by atoms with E-state index < -0.39 is 11.7 Å². The van der Waals surface area contributed by atoms with Crippen molar-refractivity contribution in [2.24, 2.45) is 5.84 Å². The van der Waals surface area contributed by atoms with E-state index in [1.54, 1.807) is 57.2 Å². The van der Waals surface area contributed by atoms with Crippen molar-refractivity contribution in [2.75, 3.05) is 5.01 Å². The monoisotopic (exact) mass is 341 g/mol. The summed E-state index contributed by atoms with van der Waals surface area (Å²) in [5.41, 5.74) is 1.39. The van der Waals surface area contributed by atoms with Gasteiger partial charge in [0.2, 0.25) is 0 Å². The van der Waals surface area contributed by atoms with Gasteiger partial charge < -0.3 is 10.1 Å². The molecule has 0 aliphatic rings. The summed E-state index contributed by atoms with van der Waals surface area (Å²) in [4.78, 5) is 24.0. The van der Waals surface area contributed by atoms with Gasteiger partial charge in [-0.2, -0.15) is 0 Å². The zero-order chi connectivity index (χ0) is 18.4. The molecule has 0 aromatic heterocycles. The number of carbonyl (C=O) groups excluding carboxylic acids is 2. The zero-order valence-corrected chi connectivity index (χ0v) is 14.7. The number of ether oxygens (including phenoxy) is 1. The van der Waals surface area contributed by atoms with E-state index in [0.717, 1.165) is 10.6 Å². The maximum Gasteiger partial charge on any atom is 0.407 e. The summed E-state index contributed by atoms with van der Waals surface area (Å²) in [7, 11) is 0. The minimum absolute atomic E-state index is 0.308. The van der Waals surface area contributed by atoms with Gasteiger partial charge in [-0.3, -0.25) is 4.79 Å². The van der Waals surface area contributed by atoms with Crippen LogP contribution in [0.3, 0.4) is 0 Å². The van der Waals surface area contributed by atoms with Crippen LogP contribution >= 0.6 is 0 Å². The summed E-state index contributed by atoms with van der Waals surface area (Å²) in [5.74, 6) is 5.57. The van der Waals surface area contributed by atoms with Gasteiger partial charge in [0.25, 0.3) is 5.91 Å². The molecule has 2 aromatic carbocycles. The second-order valence-electron chi connectivity index (χ2n) is 6.56. The first-order valence-corrected chi connectivity index (χ1v) is 7.96. The van der Waals surface area contributed by atoms with Gasteiger partial charge in [-0.1, -0.05) is 30.3 Å². The Labute approximate surface area is 147 Å². The van der Waals surface area contributed by atoms with Crippen molar-refractivity contribution in [1.82, 2.24) is 5.32 Å². The molecule has 0 bridgehead atoms. The van der Waals surface area contributed by atoms with Crippen molar-refractivity contribution >= 4 is 17.7 Å². The van der Waals surface area contributed by atoms with E-state index in [2.05, 4.69) is 5.32 Å². The lowest BCUT2D eigenvalue weighted by Gasteiger charge is -2.19. The Balaban J connectivity index is 1.95. The van der Waals surface area contributed by atoms with E-state index in [4.69, 9.17) is 10.6 Å². The average Bonchev–Trinajstić information content (AvgIpc) is 2.58. The molecule has 0 saturated heterocycles. The maximum absolute atomic E-state index is 12.4. The van der Waals surface area contributed by atoms with E-state index in [0.29, 0.717) is 17.8 Å². The zero-order valence-electron chi connectivity index (χ0n) is 14.7. The van der Waals surface area contributed by atoms with Crippen LogP contribution in [0.5, 0.6) is 0 Å². The number of nitrogens with one attached hydrogen (secondary N) is 1. The number of hydrazine groups is 1. The van der Waals surface area contributed by atoms with Crippen LogP contribution in [0.1, 0.15) is 36.7 Å². The fourth-order valence-electron chi connectivity index (χ4n) is 2.10. The second-order valence-corrected chi connectivity index (χ2v) is 6.56. The smallest absolute Gasteiger partial charge is 0.407 e. The predicted octanol–water partition coefficient (Wildman–Crippen LogP) is 3.23. The topological polar surface area (TPSA) is 84.7 Å². The van der Waals surface area contributed by atoms with Crippen LogP contribution in [0.25, 0.3) is 0 Å². The van der Waals surface area contributed by atoms with Gasteiger partial charge in [-0.25, -0.2) is 15.6 Å². The highest BCUT2D eigenvalue weighted by Gasteiger charge is 2.16. The summed E-state index contributed by atoms with van der Waals surface area (Å²) < 4.78 is 5.17. The van der Waals surface area contributed by atoms with Crippen LogP contribution < -0.4 is 16.2 Å². The van der Waals surface area contributed by atoms with E-state index in [9.17, 15) is 9.59 Å². The molecule has 0 heterocycles. The number of para-hydroxylation sites is 1. The van der Waals surface area contributed by atoms with E-state index in [-0.39, 0.29) is 5.91 Å². The predicted molar refractivity (Wildman–Crippen MR) is 97.0 cm³/mol. The van der Waals surface area contributed by atoms with Crippen LogP contribution in [0.15, 0.2) is 54.6 Å². The summed E-state index contributed by atoms with van der Waals surface area (Å²) in [6.45, 7) is 5.73. The molecule has 0 aliphatic carbocycles. The number of nitrogens with zero attached hydrogens (tertiary/aromatic N) is 1. The number of rotatable bonds is 4. The number of carbonyl (C=O) groups is 2. The normalized spacial score (nSPS) is 10.9. The minimum Gasteiger partial charge on any atom is -0.444 e. The molecule has 0 spiro atoms. The molecule has 0 fully saturated rings. The molecule has 2 aromatic rings. The standard InChI is InChI=1S/C19H23N3O3/c1-19(2,3)25-18(24)21-13-14-9-11-15(12-10-14)17(23)22(20)16-7-5-4-6-8-16/h4-12H,13,20H2,1-3H3,(H,21,24). The van der Waals surface area contributed by atoms with Gasteiger partial charge in [0.05, 0.1) is 5.69 Å². The number of benzene rings is 2. The van der Waals surface area contributed by atoms with Crippen LogP contribution in [0.2, 0.25) is 0 Å². The van der Waals surface area contributed by atoms with Crippen LogP contribution in [0, 0.1) is 0 Å². The van der Waals surface area contributed by atoms with Gasteiger partial charge in [-0.05, 0) is 50.6 Å². The van der Waals surface area contributed by atoms with Gasteiger partial charge in [-0.15, -0.1) is 0 Å². The fraction of sp³-hybridized carbons (Fsp3) is 0.263. The van der Waals surface area contributed by atoms with E-state index in [1.807, 2.05) is 18.2 Å². The molecule has 132 valence electrons. The molecule has 0 radical (unpaired) electrons. The molecule has 0 aliphatic heterocycles. The first-order valence-electron chi connectivity index (χ1n) is 7.96. The van der Waals surface area contributed by atoms with Crippen molar-refractivity contribution in [3.63, 3.8) is 0 Å². The fourth-order valence-corrected chi connectivity index (χ4v) is 2.10. The van der Waals surface area contributed by atoms with Crippen LogP contribution in [-0.4, -0.2) is 17.6 Å². The lowest BCUT2D eigenvalue weighted by molar-refractivity contribution is 0.0523.